The molecule has 3 atom stereocenters. The van der Waals surface area contributed by atoms with Crippen molar-refractivity contribution in [1.82, 2.24) is 9.55 Å². The summed E-state index contributed by atoms with van der Waals surface area (Å²) in [5.74, 6) is 1.03. The van der Waals surface area contributed by atoms with Crippen molar-refractivity contribution in [2.24, 2.45) is 5.92 Å². The van der Waals surface area contributed by atoms with Gasteiger partial charge in [0.25, 0.3) is 5.56 Å². The van der Waals surface area contributed by atoms with Gasteiger partial charge in [-0.25, -0.2) is 0 Å². The summed E-state index contributed by atoms with van der Waals surface area (Å²) in [6.07, 6.45) is 4.73. The van der Waals surface area contributed by atoms with Gasteiger partial charge in [-0.15, -0.1) is 0 Å². The van der Waals surface area contributed by atoms with Crippen LogP contribution in [0, 0.1) is 5.92 Å². The second kappa shape index (κ2) is 7.73. The third-order valence-corrected chi connectivity index (χ3v) is 6.68. The lowest BCUT2D eigenvalue weighted by Crippen LogP contribution is -3.13. The van der Waals surface area contributed by atoms with E-state index in [2.05, 4.69) is 54.3 Å². The van der Waals surface area contributed by atoms with Gasteiger partial charge in [0, 0.05) is 72.9 Å². The Hall–Kier alpha value is -2.92. The molecule has 30 heavy (non-hydrogen) atoms. The van der Waals surface area contributed by atoms with Gasteiger partial charge in [-0.1, -0.05) is 18.2 Å². The third-order valence-electron chi connectivity index (χ3n) is 6.68. The predicted octanol–water partition coefficient (Wildman–Crippen LogP) is 2.18. The summed E-state index contributed by atoms with van der Waals surface area (Å²) in [5, 5.41) is 0. The van der Waals surface area contributed by atoms with Crippen molar-refractivity contribution in [3.8, 4) is 11.1 Å². The van der Waals surface area contributed by atoms with Crippen LogP contribution < -0.4 is 15.4 Å². The molecule has 0 spiro atoms. The number of quaternary nitrogens is 1. The van der Waals surface area contributed by atoms with Gasteiger partial charge < -0.3 is 14.4 Å². The first-order valence-electron chi connectivity index (χ1n) is 10.8. The van der Waals surface area contributed by atoms with Gasteiger partial charge in [-0.3, -0.25) is 9.78 Å². The van der Waals surface area contributed by atoms with E-state index in [9.17, 15) is 4.79 Å². The minimum atomic E-state index is 0.137. The molecule has 3 aromatic rings. The largest absolute Gasteiger partial charge is 0.378 e. The van der Waals surface area contributed by atoms with Gasteiger partial charge in [-0.05, 0) is 36.8 Å². The van der Waals surface area contributed by atoms with Crippen LogP contribution in [0.4, 0.5) is 5.69 Å². The van der Waals surface area contributed by atoms with E-state index in [1.165, 1.54) is 23.4 Å². The standard InChI is InChI=1S/C25H28N4O/c1-27(2)22-7-5-18(6-8-22)14-28-15-19-12-21(17-28)24-10-9-23(25(30)29(24)16-19)20-4-3-11-26-13-20/h3-11,13,19,21H,12,14-17H2,1-2H3/p+1/t19-,21+/m0/s1. The summed E-state index contributed by atoms with van der Waals surface area (Å²) in [6.45, 7) is 4.12. The zero-order valence-corrected chi connectivity index (χ0v) is 17.7. The first-order valence-corrected chi connectivity index (χ1v) is 10.8. The van der Waals surface area contributed by atoms with Crippen LogP contribution in [-0.4, -0.2) is 36.7 Å². The molecule has 0 aliphatic carbocycles. The van der Waals surface area contributed by atoms with E-state index in [0.29, 0.717) is 11.8 Å². The summed E-state index contributed by atoms with van der Waals surface area (Å²) in [7, 11) is 4.15. The number of nitrogens with one attached hydrogen (secondary N) is 1. The predicted molar refractivity (Wildman–Crippen MR) is 120 cm³/mol. The molecule has 1 fully saturated rings. The van der Waals surface area contributed by atoms with Crippen LogP contribution in [0.1, 0.15) is 23.6 Å². The smallest absolute Gasteiger partial charge is 0.258 e. The molecule has 2 aromatic heterocycles. The quantitative estimate of drug-likeness (QED) is 0.729. The average molecular weight is 402 g/mol. The van der Waals surface area contributed by atoms with E-state index in [1.54, 1.807) is 17.3 Å². The topological polar surface area (TPSA) is 42.6 Å². The van der Waals surface area contributed by atoms with Crippen LogP contribution in [-0.2, 0) is 13.1 Å². The molecule has 0 radical (unpaired) electrons. The summed E-state index contributed by atoms with van der Waals surface area (Å²) >= 11 is 0. The van der Waals surface area contributed by atoms with Crippen molar-refractivity contribution in [3.05, 3.63) is 82.5 Å². The molecule has 2 bridgehead atoms. The molecule has 1 saturated heterocycles. The Morgan fingerprint density at radius 1 is 1.10 bits per heavy atom. The summed E-state index contributed by atoms with van der Waals surface area (Å²) in [6, 6.07) is 17.0. The fourth-order valence-electron chi connectivity index (χ4n) is 5.26. The number of likely N-dealkylation sites (tertiary alicyclic amines) is 1. The number of nitrogens with zero attached hydrogens (tertiary/aromatic N) is 3. The van der Waals surface area contributed by atoms with Crippen molar-refractivity contribution in [1.29, 1.82) is 0 Å². The van der Waals surface area contributed by atoms with E-state index < -0.39 is 0 Å². The molecule has 1 aromatic carbocycles. The van der Waals surface area contributed by atoms with Gasteiger partial charge in [-0.2, -0.15) is 0 Å². The molecule has 0 saturated carbocycles. The molecule has 2 aliphatic rings. The van der Waals surface area contributed by atoms with Crippen molar-refractivity contribution in [2.45, 2.75) is 25.4 Å². The second-order valence-electron chi connectivity index (χ2n) is 9.02. The molecule has 5 nitrogen and oxygen atoms in total. The summed E-state index contributed by atoms with van der Waals surface area (Å²) < 4.78 is 2.05. The lowest BCUT2D eigenvalue weighted by Gasteiger charge is -2.40. The molecule has 4 heterocycles. The fraction of sp³-hybridized carbons (Fsp3) is 0.360. The Kier molecular flexibility index (Phi) is 4.91. The minimum Gasteiger partial charge on any atom is -0.378 e. The van der Waals surface area contributed by atoms with Crippen LogP contribution in [0.3, 0.4) is 0 Å². The maximum Gasteiger partial charge on any atom is 0.258 e. The number of piperidine rings is 1. The van der Waals surface area contributed by atoms with Crippen LogP contribution in [0.5, 0.6) is 0 Å². The monoisotopic (exact) mass is 401 g/mol. The SMILES string of the molecule is CN(C)c1ccc(C[NH+]2C[C@@H]3C[C@H](C2)c2ccc(-c4cccnc4)c(=O)n2C3)cc1. The molecule has 5 rings (SSSR count). The number of benzene rings is 1. The number of aromatic nitrogens is 2. The minimum absolute atomic E-state index is 0.137. The number of pyridine rings is 2. The molecule has 0 amide bonds. The fourth-order valence-corrected chi connectivity index (χ4v) is 5.26. The van der Waals surface area contributed by atoms with Crippen LogP contribution in [0.15, 0.2) is 65.7 Å². The Morgan fingerprint density at radius 2 is 1.93 bits per heavy atom. The van der Waals surface area contributed by atoms with Crippen molar-refractivity contribution >= 4 is 5.69 Å². The van der Waals surface area contributed by atoms with Crippen molar-refractivity contribution < 1.29 is 4.90 Å². The average Bonchev–Trinajstić information content (AvgIpc) is 2.75. The van der Waals surface area contributed by atoms with Gasteiger partial charge >= 0.3 is 0 Å². The van der Waals surface area contributed by atoms with Gasteiger partial charge in [0.1, 0.15) is 6.54 Å². The maximum absolute atomic E-state index is 13.2. The van der Waals surface area contributed by atoms with E-state index >= 15 is 0 Å². The number of anilines is 1. The highest BCUT2D eigenvalue weighted by Gasteiger charge is 2.37. The molecular weight excluding hydrogens is 372 g/mol. The molecule has 5 heteroatoms. The van der Waals surface area contributed by atoms with E-state index in [-0.39, 0.29) is 5.56 Å². The normalized spacial score (nSPS) is 22.4. The van der Waals surface area contributed by atoms with Crippen molar-refractivity contribution in [2.75, 3.05) is 32.1 Å². The van der Waals surface area contributed by atoms with Crippen molar-refractivity contribution in [3.63, 3.8) is 0 Å². The number of rotatable bonds is 4. The molecule has 2 aliphatic heterocycles. The highest BCUT2D eigenvalue weighted by atomic mass is 16.1. The zero-order chi connectivity index (χ0) is 20.7. The highest BCUT2D eigenvalue weighted by molar-refractivity contribution is 5.61. The number of hydrogen-bond acceptors (Lipinski definition) is 3. The van der Waals surface area contributed by atoms with Crippen LogP contribution in [0.2, 0.25) is 0 Å². The molecular formula is C25H29N4O+. The third kappa shape index (κ3) is 3.54. The Balaban J connectivity index is 1.37. The first-order chi connectivity index (χ1) is 14.6. The Morgan fingerprint density at radius 3 is 2.67 bits per heavy atom. The number of fused-ring (bicyclic) bond motifs is 4. The lowest BCUT2D eigenvalue weighted by molar-refractivity contribution is -0.924. The second-order valence-corrected chi connectivity index (χ2v) is 9.02. The van der Waals surface area contributed by atoms with E-state index in [0.717, 1.165) is 37.3 Å². The summed E-state index contributed by atoms with van der Waals surface area (Å²) in [5.41, 5.74) is 5.64. The Bertz CT molecular complexity index is 1090. The van der Waals surface area contributed by atoms with Crippen LogP contribution in [0.25, 0.3) is 11.1 Å². The first kappa shape index (κ1) is 19.1. The lowest BCUT2D eigenvalue weighted by atomic mass is 9.82. The van der Waals surface area contributed by atoms with Gasteiger partial charge in [0.2, 0.25) is 0 Å². The van der Waals surface area contributed by atoms with Gasteiger partial charge in [0.15, 0.2) is 0 Å². The molecule has 1 N–H and O–H groups in total. The van der Waals surface area contributed by atoms with Gasteiger partial charge in [0.05, 0.1) is 13.1 Å². The zero-order valence-electron chi connectivity index (χ0n) is 17.7. The van der Waals surface area contributed by atoms with Crippen LogP contribution >= 0.6 is 0 Å². The highest BCUT2D eigenvalue weighted by Crippen LogP contribution is 2.31. The molecule has 154 valence electrons. The molecule has 1 unspecified atom stereocenters. The maximum atomic E-state index is 13.2. The number of hydrogen-bond donors (Lipinski definition) is 1. The van der Waals surface area contributed by atoms with E-state index in [1.807, 2.05) is 22.8 Å². The van der Waals surface area contributed by atoms with E-state index in [4.69, 9.17) is 0 Å². The summed E-state index contributed by atoms with van der Waals surface area (Å²) in [4.78, 5) is 21.2. The Labute approximate surface area is 177 Å².